The molecule has 3 heterocycles. The molecular formula is C16H21N5O2. The van der Waals surface area contributed by atoms with E-state index in [1.54, 1.807) is 25.5 Å². The minimum atomic E-state index is -0.331. The smallest absolute Gasteiger partial charge is 0.339 e. The minimum absolute atomic E-state index is 0.331. The number of piperidine rings is 1. The van der Waals surface area contributed by atoms with E-state index in [0.717, 1.165) is 37.6 Å². The number of hydrogen-bond acceptors (Lipinski definition) is 6. The molecular weight excluding hydrogens is 294 g/mol. The first-order valence-corrected chi connectivity index (χ1v) is 7.91. The van der Waals surface area contributed by atoms with Crippen molar-refractivity contribution in [2.45, 2.75) is 25.7 Å². The van der Waals surface area contributed by atoms with Crippen molar-refractivity contribution in [1.82, 2.24) is 19.7 Å². The summed E-state index contributed by atoms with van der Waals surface area (Å²) in [6, 6.07) is 3.65. The van der Waals surface area contributed by atoms with Crippen molar-refractivity contribution in [3.63, 3.8) is 0 Å². The highest BCUT2D eigenvalue weighted by Gasteiger charge is 2.25. The quantitative estimate of drug-likeness (QED) is 0.801. The van der Waals surface area contributed by atoms with E-state index in [4.69, 9.17) is 4.74 Å². The summed E-state index contributed by atoms with van der Waals surface area (Å²) in [4.78, 5) is 18.3. The van der Waals surface area contributed by atoms with Crippen LogP contribution >= 0.6 is 0 Å². The zero-order valence-electron chi connectivity index (χ0n) is 13.5. The molecule has 0 spiro atoms. The van der Waals surface area contributed by atoms with Crippen molar-refractivity contribution in [1.29, 1.82) is 0 Å². The summed E-state index contributed by atoms with van der Waals surface area (Å²) in [5, 5.41) is 8.20. The number of nitrogens with zero attached hydrogens (tertiary/aromatic N) is 5. The van der Waals surface area contributed by atoms with Crippen LogP contribution in [0.25, 0.3) is 0 Å². The minimum Gasteiger partial charge on any atom is -0.462 e. The molecule has 2 aromatic rings. The third-order valence-electron chi connectivity index (χ3n) is 4.12. The maximum absolute atomic E-state index is 11.7. The average molecular weight is 315 g/mol. The molecule has 0 N–H and O–H groups in total. The number of carbonyl (C=O) groups excluding carboxylic acids is 1. The Labute approximate surface area is 135 Å². The highest BCUT2D eigenvalue weighted by molar-refractivity contribution is 5.89. The van der Waals surface area contributed by atoms with Crippen LogP contribution in [0.15, 0.2) is 24.7 Å². The van der Waals surface area contributed by atoms with Gasteiger partial charge in [-0.05, 0) is 31.9 Å². The van der Waals surface area contributed by atoms with E-state index < -0.39 is 0 Å². The summed E-state index contributed by atoms with van der Waals surface area (Å²) in [5.41, 5.74) is 0.484. The van der Waals surface area contributed by atoms with Crippen LogP contribution in [0.3, 0.4) is 0 Å². The van der Waals surface area contributed by atoms with E-state index in [1.807, 2.05) is 17.7 Å². The second-order valence-corrected chi connectivity index (χ2v) is 5.71. The fraction of sp³-hybridized carbons (Fsp3) is 0.500. The zero-order valence-corrected chi connectivity index (χ0v) is 13.5. The first-order chi connectivity index (χ1) is 11.2. The van der Waals surface area contributed by atoms with Crippen molar-refractivity contribution >= 4 is 11.8 Å². The first kappa shape index (κ1) is 15.5. The molecule has 0 unspecified atom stereocenters. The summed E-state index contributed by atoms with van der Waals surface area (Å²) in [5.74, 6) is 1.91. The largest absolute Gasteiger partial charge is 0.462 e. The highest BCUT2D eigenvalue weighted by atomic mass is 16.5. The third-order valence-corrected chi connectivity index (χ3v) is 4.12. The molecule has 0 amide bonds. The molecule has 1 aliphatic rings. The Morgan fingerprint density at radius 1 is 1.43 bits per heavy atom. The number of aryl methyl sites for hydroxylation is 1. The van der Waals surface area contributed by atoms with Crippen LogP contribution < -0.4 is 4.90 Å². The Hall–Kier alpha value is -2.44. The summed E-state index contributed by atoms with van der Waals surface area (Å²) in [6.45, 7) is 3.98. The van der Waals surface area contributed by atoms with Crippen molar-refractivity contribution in [2.75, 3.05) is 24.6 Å². The molecule has 1 aliphatic heterocycles. The number of rotatable bonds is 4. The van der Waals surface area contributed by atoms with Crippen LogP contribution in [0, 0.1) is 0 Å². The van der Waals surface area contributed by atoms with Crippen LogP contribution in [0.1, 0.15) is 41.9 Å². The molecule has 1 saturated heterocycles. The number of esters is 1. The summed E-state index contributed by atoms with van der Waals surface area (Å²) in [7, 11) is 1.97. The van der Waals surface area contributed by atoms with Crippen LogP contribution in [0.2, 0.25) is 0 Å². The lowest BCUT2D eigenvalue weighted by Crippen LogP contribution is -2.35. The molecule has 23 heavy (non-hydrogen) atoms. The predicted octanol–water partition coefficient (Wildman–Crippen LogP) is 1.77. The van der Waals surface area contributed by atoms with Gasteiger partial charge < -0.3 is 14.2 Å². The zero-order chi connectivity index (χ0) is 16.2. The lowest BCUT2D eigenvalue weighted by molar-refractivity contribution is 0.0526. The Balaban J connectivity index is 1.71. The van der Waals surface area contributed by atoms with Gasteiger partial charge in [0.2, 0.25) is 0 Å². The number of aromatic nitrogens is 4. The van der Waals surface area contributed by atoms with Crippen molar-refractivity contribution in [2.24, 2.45) is 7.05 Å². The van der Waals surface area contributed by atoms with Gasteiger partial charge in [-0.1, -0.05) is 0 Å². The van der Waals surface area contributed by atoms with Crippen LogP contribution in [0.4, 0.5) is 5.82 Å². The van der Waals surface area contributed by atoms with Gasteiger partial charge in [0, 0.05) is 32.3 Å². The third kappa shape index (κ3) is 3.33. The van der Waals surface area contributed by atoms with Crippen LogP contribution in [-0.2, 0) is 11.8 Å². The maximum Gasteiger partial charge on any atom is 0.339 e. The number of ether oxygens (including phenoxy) is 1. The van der Waals surface area contributed by atoms with E-state index in [0.29, 0.717) is 18.1 Å². The molecule has 7 nitrogen and oxygen atoms in total. The lowest BCUT2D eigenvalue weighted by atomic mass is 9.97. The van der Waals surface area contributed by atoms with E-state index in [1.165, 1.54) is 0 Å². The molecule has 0 bridgehead atoms. The number of pyridine rings is 1. The molecule has 7 heteroatoms. The molecule has 1 atom stereocenters. The van der Waals surface area contributed by atoms with Gasteiger partial charge in [0.05, 0.1) is 12.2 Å². The molecule has 0 aliphatic carbocycles. The summed E-state index contributed by atoms with van der Waals surface area (Å²) in [6.07, 6.45) is 5.50. The van der Waals surface area contributed by atoms with Gasteiger partial charge in [-0.3, -0.25) is 0 Å². The lowest BCUT2D eigenvalue weighted by Gasteiger charge is -2.33. The van der Waals surface area contributed by atoms with Crippen molar-refractivity contribution < 1.29 is 9.53 Å². The van der Waals surface area contributed by atoms with E-state index >= 15 is 0 Å². The fourth-order valence-electron chi connectivity index (χ4n) is 2.97. The Kier molecular flexibility index (Phi) is 4.55. The van der Waals surface area contributed by atoms with Gasteiger partial charge in [0.1, 0.15) is 18.0 Å². The van der Waals surface area contributed by atoms with Gasteiger partial charge in [-0.25, -0.2) is 9.78 Å². The van der Waals surface area contributed by atoms with Crippen molar-refractivity contribution in [3.8, 4) is 0 Å². The van der Waals surface area contributed by atoms with E-state index in [2.05, 4.69) is 20.1 Å². The Morgan fingerprint density at radius 3 is 2.96 bits per heavy atom. The van der Waals surface area contributed by atoms with Crippen molar-refractivity contribution in [3.05, 3.63) is 36.0 Å². The SMILES string of the molecule is CCOC(=O)c1ccc(N2CCC[C@H](c3nncn3C)C2)nc1. The summed E-state index contributed by atoms with van der Waals surface area (Å²) >= 11 is 0. The molecule has 1 fully saturated rings. The highest BCUT2D eigenvalue weighted by Crippen LogP contribution is 2.27. The predicted molar refractivity (Wildman–Crippen MR) is 85.4 cm³/mol. The molecule has 3 rings (SSSR count). The second-order valence-electron chi connectivity index (χ2n) is 5.71. The first-order valence-electron chi connectivity index (χ1n) is 7.91. The monoisotopic (exact) mass is 315 g/mol. The van der Waals surface area contributed by atoms with E-state index in [-0.39, 0.29) is 5.97 Å². The van der Waals surface area contributed by atoms with Gasteiger partial charge in [0.25, 0.3) is 0 Å². The standard InChI is InChI=1S/C16H21N5O2/c1-3-23-16(22)12-6-7-14(17-9-12)21-8-4-5-13(10-21)15-19-18-11-20(15)2/h6-7,9,11,13H,3-5,8,10H2,1-2H3/t13-/m0/s1. The molecule has 0 aromatic carbocycles. The maximum atomic E-state index is 11.7. The average Bonchev–Trinajstić information content (AvgIpc) is 3.01. The number of anilines is 1. The summed E-state index contributed by atoms with van der Waals surface area (Å²) < 4.78 is 6.96. The van der Waals surface area contributed by atoms with Gasteiger partial charge >= 0.3 is 5.97 Å². The van der Waals surface area contributed by atoms with Gasteiger partial charge in [-0.15, -0.1) is 10.2 Å². The van der Waals surface area contributed by atoms with Crippen LogP contribution in [0.5, 0.6) is 0 Å². The molecule has 122 valence electrons. The fourth-order valence-corrected chi connectivity index (χ4v) is 2.97. The normalized spacial score (nSPS) is 18.0. The Morgan fingerprint density at radius 2 is 2.30 bits per heavy atom. The number of hydrogen-bond donors (Lipinski definition) is 0. The second kappa shape index (κ2) is 6.76. The van der Waals surface area contributed by atoms with Gasteiger partial charge in [0.15, 0.2) is 0 Å². The molecule has 0 saturated carbocycles. The Bertz CT molecular complexity index is 667. The van der Waals surface area contributed by atoms with E-state index in [9.17, 15) is 4.79 Å². The van der Waals surface area contributed by atoms with Gasteiger partial charge in [-0.2, -0.15) is 0 Å². The number of carbonyl (C=O) groups is 1. The topological polar surface area (TPSA) is 73.1 Å². The molecule has 2 aromatic heterocycles. The molecule has 0 radical (unpaired) electrons. The van der Waals surface area contributed by atoms with Crippen LogP contribution in [-0.4, -0.2) is 45.4 Å².